The fourth-order valence-corrected chi connectivity index (χ4v) is 3.04. The molecule has 1 unspecified atom stereocenters. The van der Waals surface area contributed by atoms with Gasteiger partial charge in [-0.25, -0.2) is 0 Å². The Bertz CT molecular complexity index is 509. The van der Waals surface area contributed by atoms with Gasteiger partial charge in [0.15, 0.2) is 0 Å². The van der Waals surface area contributed by atoms with E-state index < -0.39 is 17.5 Å². The van der Waals surface area contributed by atoms with E-state index in [0.29, 0.717) is 18.4 Å². The van der Waals surface area contributed by atoms with E-state index >= 15 is 0 Å². The van der Waals surface area contributed by atoms with Crippen LogP contribution in [-0.4, -0.2) is 36.2 Å². The van der Waals surface area contributed by atoms with Gasteiger partial charge in [0.2, 0.25) is 0 Å². The zero-order valence-corrected chi connectivity index (χ0v) is 12.9. The Morgan fingerprint density at radius 2 is 1.86 bits per heavy atom. The molecule has 1 aliphatic rings. The Morgan fingerprint density at radius 3 is 2.41 bits per heavy atom. The van der Waals surface area contributed by atoms with Crippen molar-refractivity contribution in [2.45, 2.75) is 43.6 Å². The zero-order valence-electron chi connectivity index (χ0n) is 12.9. The third kappa shape index (κ3) is 3.65. The van der Waals surface area contributed by atoms with Gasteiger partial charge in [0.1, 0.15) is 5.60 Å². The third-order valence-electron chi connectivity index (χ3n) is 4.43. The van der Waals surface area contributed by atoms with E-state index in [-0.39, 0.29) is 12.5 Å². The standard InChI is InChI=1S/C17H23NO4/c1-22-17(10-6-3-7-11-17)16(21)18-12-14(15(19)20)13-8-4-2-5-9-13/h2,4-5,8-9,14H,3,6-7,10-12H2,1H3,(H,18,21)(H,19,20). The number of ether oxygens (including phenoxy) is 1. The van der Waals surface area contributed by atoms with Gasteiger partial charge in [-0.3, -0.25) is 9.59 Å². The van der Waals surface area contributed by atoms with E-state index in [2.05, 4.69) is 5.32 Å². The first-order valence-electron chi connectivity index (χ1n) is 7.70. The highest BCUT2D eigenvalue weighted by Crippen LogP contribution is 2.31. The van der Waals surface area contributed by atoms with Crippen molar-refractivity contribution in [2.75, 3.05) is 13.7 Å². The minimum atomic E-state index is -0.943. The van der Waals surface area contributed by atoms with Gasteiger partial charge in [-0.2, -0.15) is 0 Å². The maximum absolute atomic E-state index is 12.5. The molecule has 120 valence electrons. The number of hydrogen-bond acceptors (Lipinski definition) is 3. The molecule has 0 radical (unpaired) electrons. The Morgan fingerprint density at radius 1 is 1.23 bits per heavy atom. The summed E-state index contributed by atoms with van der Waals surface area (Å²) >= 11 is 0. The van der Waals surface area contributed by atoms with Crippen LogP contribution in [0.3, 0.4) is 0 Å². The normalized spacial score (nSPS) is 18.4. The van der Waals surface area contributed by atoms with Crippen molar-refractivity contribution in [3.8, 4) is 0 Å². The van der Waals surface area contributed by atoms with Gasteiger partial charge in [0, 0.05) is 13.7 Å². The van der Waals surface area contributed by atoms with Crippen molar-refractivity contribution in [3.63, 3.8) is 0 Å². The van der Waals surface area contributed by atoms with E-state index in [0.717, 1.165) is 19.3 Å². The first-order valence-corrected chi connectivity index (χ1v) is 7.70. The molecular formula is C17H23NO4. The molecule has 0 aliphatic heterocycles. The summed E-state index contributed by atoms with van der Waals surface area (Å²) in [5, 5.41) is 12.2. The van der Waals surface area contributed by atoms with Crippen LogP contribution < -0.4 is 5.32 Å². The summed E-state index contributed by atoms with van der Waals surface area (Å²) in [4.78, 5) is 23.9. The van der Waals surface area contributed by atoms with Crippen LogP contribution in [0.15, 0.2) is 30.3 Å². The quantitative estimate of drug-likeness (QED) is 0.845. The molecule has 0 bridgehead atoms. The summed E-state index contributed by atoms with van der Waals surface area (Å²) in [5.74, 6) is -1.89. The molecule has 22 heavy (non-hydrogen) atoms. The molecule has 2 N–H and O–H groups in total. The highest BCUT2D eigenvalue weighted by Gasteiger charge is 2.39. The second-order valence-electron chi connectivity index (χ2n) is 5.77. The van der Waals surface area contributed by atoms with Crippen molar-refractivity contribution in [2.24, 2.45) is 0 Å². The van der Waals surface area contributed by atoms with E-state index in [1.807, 2.05) is 6.07 Å². The number of rotatable bonds is 6. The largest absolute Gasteiger partial charge is 0.481 e. The zero-order chi connectivity index (χ0) is 16.0. The minimum absolute atomic E-state index is 0.0727. The monoisotopic (exact) mass is 305 g/mol. The van der Waals surface area contributed by atoms with Crippen molar-refractivity contribution in [3.05, 3.63) is 35.9 Å². The number of carboxylic acid groups (broad SMARTS) is 1. The molecule has 1 aromatic carbocycles. The summed E-state index contributed by atoms with van der Waals surface area (Å²) in [6.45, 7) is 0.0727. The first kappa shape index (κ1) is 16.5. The lowest BCUT2D eigenvalue weighted by Crippen LogP contribution is -2.50. The average Bonchev–Trinajstić information content (AvgIpc) is 2.56. The number of amides is 1. The van der Waals surface area contributed by atoms with Gasteiger partial charge in [-0.1, -0.05) is 49.6 Å². The molecule has 0 aromatic heterocycles. The van der Waals surface area contributed by atoms with Crippen molar-refractivity contribution in [1.29, 1.82) is 0 Å². The lowest BCUT2D eigenvalue weighted by Gasteiger charge is -2.34. The lowest BCUT2D eigenvalue weighted by atomic mass is 9.83. The number of methoxy groups -OCH3 is 1. The summed E-state index contributed by atoms with van der Waals surface area (Å²) < 4.78 is 5.48. The molecule has 5 heteroatoms. The molecule has 1 saturated carbocycles. The molecule has 5 nitrogen and oxygen atoms in total. The van der Waals surface area contributed by atoms with Crippen LogP contribution in [0.1, 0.15) is 43.6 Å². The highest BCUT2D eigenvalue weighted by molar-refractivity contribution is 5.86. The lowest BCUT2D eigenvalue weighted by molar-refractivity contribution is -0.148. The highest BCUT2D eigenvalue weighted by atomic mass is 16.5. The number of carbonyl (C=O) groups excluding carboxylic acids is 1. The first-order chi connectivity index (χ1) is 10.6. The number of carboxylic acids is 1. The molecule has 1 atom stereocenters. The second-order valence-corrected chi connectivity index (χ2v) is 5.77. The van der Waals surface area contributed by atoms with Crippen LogP contribution in [0.25, 0.3) is 0 Å². The molecule has 1 aliphatic carbocycles. The summed E-state index contributed by atoms with van der Waals surface area (Å²) in [7, 11) is 1.55. The van der Waals surface area contributed by atoms with E-state index in [1.165, 1.54) is 0 Å². The topological polar surface area (TPSA) is 75.6 Å². The average molecular weight is 305 g/mol. The Balaban J connectivity index is 2.03. The SMILES string of the molecule is COC1(C(=O)NCC(C(=O)O)c2ccccc2)CCCCC1. The van der Waals surface area contributed by atoms with Crippen molar-refractivity contribution in [1.82, 2.24) is 5.32 Å². The Labute approximate surface area is 130 Å². The predicted octanol–water partition coefficient (Wildman–Crippen LogP) is 2.32. The Kier molecular flexibility index (Phi) is 5.55. The Hall–Kier alpha value is -1.88. The molecule has 2 rings (SSSR count). The van der Waals surface area contributed by atoms with Gasteiger partial charge in [0.25, 0.3) is 5.91 Å². The predicted molar refractivity (Wildman–Crippen MR) is 82.7 cm³/mol. The maximum Gasteiger partial charge on any atom is 0.312 e. The molecule has 0 heterocycles. The summed E-state index contributed by atoms with van der Waals surface area (Å²) in [5.41, 5.74) is -0.108. The molecule has 1 amide bonds. The number of carbonyl (C=O) groups is 2. The van der Waals surface area contributed by atoms with E-state index in [4.69, 9.17) is 4.74 Å². The van der Waals surface area contributed by atoms with Gasteiger partial charge < -0.3 is 15.2 Å². The van der Waals surface area contributed by atoms with Crippen LogP contribution >= 0.6 is 0 Å². The van der Waals surface area contributed by atoms with E-state index in [9.17, 15) is 14.7 Å². The smallest absolute Gasteiger partial charge is 0.312 e. The van der Waals surface area contributed by atoms with Crippen LogP contribution in [0.2, 0.25) is 0 Å². The van der Waals surface area contributed by atoms with Crippen LogP contribution in [0, 0.1) is 0 Å². The summed E-state index contributed by atoms with van der Waals surface area (Å²) in [6, 6.07) is 8.95. The minimum Gasteiger partial charge on any atom is -0.481 e. The second kappa shape index (κ2) is 7.40. The molecule has 1 fully saturated rings. The third-order valence-corrected chi connectivity index (χ3v) is 4.43. The van der Waals surface area contributed by atoms with Gasteiger partial charge in [-0.05, 0) is 18.4 Å². The molecule has 0 saturated heterocycles. The maximum atomic E-state index is 12.5. The van der Waals surface area contributed by atoms with Gasteiger partial charge in [0.05, 0.1) is 5.92 Å². The van der Waals surface area contributed by atoms with Crippen LogP contribution in [0.4, 0.5) is 0 Å². The number of nitrogens with one attached hydrogen (secondary N) is 1. The van der Waals surface area contributed by atoms with Crippen LogP contribution in [0.5, 0.6) is 0 Å². The van der Waals surface area contributed by atoms with Gasteiger partial charge in [-0.15, -0.1) is 0 Å². The number of aliphatic carboxylic acids is 1. The van der Waals surface area contributed by atoms with Gasteiger partial charge >= 0.3 is 5.97 Å². The summed E-state index contributed by atoms with van der Waals surface area (Å²) in [6.07, 6.45) is 4.42. The molecule has 0 spiro atoms. The molecule has 1 aromatic rings. The van der Waals surface area contributed by atoms with E-state index in [1.54, 1.807) is 31.4 Å². The fourth-order valence-electron chi connectivity index (χ4n) is 3.04. The fraction of sp³-hybridized carbons (Fsp3) is 0.529. The molecular weight excluding hydrogens is 282 g/mol. The number of hydrogen-bond donors (Lipinski definition) is 2. The van der Waals surface area contributed by atoms with Crippen molar-refractivity contribution >= 4 is 11.9 Å². The van der Waals surface area contributed by atoms with Crippen molar-refractivity contribution < 1.29 is 19.4 Å². The van der Waals surface area contributed by atoms with Crippen LogP contribution in [-0.2, 0) is 14.3 Å². The number of benzene rings is 1.